The summed E-state index contributed by atoms with van der Waals surface area (Å²) in [4.78, 5) is 6.09. The summed E-state index contributed by atoms with van der Waals surface area (Å²) in [6.45, 7) is 0.493. The number of rotatable bonds is 2. The molecule has 0 saturated heterocycles. The van der Waals surface area contributed by atoms with Gasteiger partial charge in [0.1, 0.15) is 5.52 Å². The summed E-state index contributed by atoms with van der Waals surface area (Å²) in [6.07, 6.45) is 5.20. The number of hydrogen-bond acceptors (Lipinski definition) is 3. The van der Waals surface area contributed by atoms with Crippen molar-refractivity contribution in [3.05, 3.63) is 24.3 Å². The van der Waals surface area contributed by atoms with Gasteiger partial charge in [-0.3, -0.25) is 0 Å². The molecule has 3 heteroatoms. The van der Waals surface area contributed by atoms with Crippen LogP contribution in [-0.2, 0) is 0 Å². The van der Waals surface area contributed by atoms with Gasteiger partial charge in [-0.15, -0.1) is 6.42 Å². The van der Waals surface area contributed by atoms with E-state index >= 15 is 0 Å². The van der Waals surface area contributed by atoms with Gasteiger partial charge in [-0.25, -0.2) is 0 Å². The summed E-state index contributed by atoms with van der Waals surface area (Å²) in [5.41, 5.74) is 1.64. The van der Waals surface area contributed by atoms with Crippen LogP contribution in [0.4, 0.5) is 6.01 Å². The zero-order valence-corrected chi connectivity index (χ0v) is 7.90. The minimum absolute atomic E-state index is 0.493. The lowest BCUT2D eigenvalue weighted by atomic mass is 10.3. The lowest BCUT2D eigenvalue weighted by Gasteiger charge is -2.08. The molecule has 1 heterocycles. The number of hydrogen-bond donors (Lipinski definition) is 0. The molecule has 0 bridgehead atoms. The van der Waals surface area contributed by atoms with Crippen LogP contribution in [0, 0.1) is 12.3 Å². The Kier molecular flexibility index (Phi) is 2.11. The van der Waals surface area contributed by atoms with Gasteiger partial charge < -0.3 is 9.32 Å². The van der Waals surface area contributed by atoms with Gasteiger partial charge in [0.2, 0.25) is 0 Å². The average Bonchev–Trinajstić information content (AvgIpc) is 2.61. The third kappa shape index (κ3) is 1.42. The molecule has 0 spiro atoms. The first-order valence-electron chi connectivity index (χ1n) is 4.31. The molecule has 0 fully saturated rings. The largest absolute Gasteiger partial charge is 0.423 e. The van der Waals surface area contributed by atoms with Crippen molar-refractivity contribution in [2.75, 3.05) is 18.5 Å². The molecule has 3 nitrogen and oxygen atoms in total. The third-order valence-electron chi connectivity index (χ3n) is 1.94. The van der Waals surface area contributed by atoms with Crippen LogP contribution in [0.15, 0.2) is 28.7 Å². The SMILES string of the molecule is C#CCN(C)c1nc2ccccc2o1. The normalized spacial score (nSPS) is 10.0. The molecule has 70 valence electrons. The molecule has 0 N–H and O–H groups in total. The first kappa shape index (κ1) is 8.64. The van der Waals surface area contributed by atoms with Gasteiger partial charge >= 0.3 is 0 Å². The lowest BCUT2D eigenvalue weighted by molar-refractivity contribution is 0.592. The summed E-state index contributed by atoms with van der Waals surface area (Å²) in [6, 6.07) is 8.19. The minimum atomic E-state index is 0.493. The van der Waals surface area contributed by atoms with Crippen LogP contribution >= 0.6 is 0 Å². The Bertz CT molecular complexity index is 448. The molecule has 1 aromatic heterocycles. The van der Waals surface area contributed by atoms with Gasteiger partial charge in [-0.2, -0.15) is 4.98 Å². The van der Waals surface area contributed by atoms with Crippen molar-refractivity contribution in [1.29, 1.82) is 0 Å². The monoisotopic (exact) mass is 186 g/mol. The summed E-state index contributed by atoms with van der Waals surface area (Å²) in [7, 11) is 1.85. The summed E-state index contributed by atoms with van der Waals surface area (Å²) >= 11 is 0. The van der Waals surface area contributed by atoms with Crippen LogP contribution < -0.4 is 4.90 Å². The van der Waals surface area contributed by atoms with Gasteiger partial charge in [-0.1, -0.05) is 18.1 Å². The molecule has 0 atom stereocenters. The highest BCUT2D eigenvalue weighted by Crippen LogP contribution is 2.19. The third-order valence-corrected chi connectivity index (χ3v) is 1.94. The zero-order valence-electron chi connectivity index (χ0n) is 7.90. The number of terminal acetylenes is 1. The minimum Gasteiger partial charge on any atom is -0.423 e. The molecule has 0 saturated carbocycles. The second-order valence-electron chi connectivity index (χ2n) is 3.02. The Morgan fingerprint density at radius 1 is 1.50 bits per heavy atom. The maximum absolute atomic E-state index is 5.50. The molecule has 0 radical (unpaired) electrons. The lowest BCUT2D eigenvalue weighted by Crippen LogP contribution is -2.16. The smallest absolute Gasteiger partial charge is 0.298 e. The summed E-state index contributed by atoms with van der Waals surface area (Å²) in [5, 5.41) is 0. The van der Waals surface area contributed by atoms with E-state index in [9.17, 15) is 0 Å². The molecule has 14 heavy (non-hydrogen) atoms. The quantitative estimate of drug-likeness (QED) is 0.671. The number of nitrogens with zero attached hydrogens (tertiary/aromatic N) is 2. The maximum atomic E-state index is 5.50. The van der Waals surface area contributed by atoms with E-state index in [1.54, 1.807) is 4.90 Å². The van der Waals surface area contributed by atoms with Gasteiger partial charge in [0.25, 0.3) is 6.01 Å². The van der Waals surface area contributed by atoms with E-state index in [1.807, 2.05) is 31.3 Å². The highest BCUT2D eigenvalue weighted by molar-refractivity contribution is 5.74. The van der Waals surface area contributed by atoms with E-state index in [1.165, 1.54) is 0 Å². The van der Waals surface area contributed by atoms with E-state index in [0.717, 1.165) is 11.1 Å². The topological polar surface area (TPSA) is 29.3 Å². The first-order valence-corrected chi connectivity index (χ1v) is 4.31. The fourth-order valence-corrected chi connectivity index (χ4v) is 1.23. The Hall–Kier alpha value is -1.95. The number of para-hydroxylation sites is 2. The molecule has 1 aromatic carbocycles. The standard InChI is InChI=1S/C11H10N2O/c1-3-8-13(2)11-12-9-6-4-5-7-10(9)14-11/h1,4-7H,8H2,2H3. The number of oxazole rings is 1. The van der Waals surface area contributed by atoms with Crippen LogP contribution in [0.5, 0.6) is 0 Å². The van der Waals surface area contributed by atoms with Crippen molar-refractivity contribution in [3.63, 3.8) is 0 Å². The Labute approximate surface area is 82.3 Å². The van der Waals surface area contributed by atoms with Crippen LogP contribution in [0.2, 0.25) is 0 Å². The van der Waals surface area contributed by atoms with Crippen molar-refractivity contribution in [2.24, 2.45) is 0 Å². The second kappa shape index (κ2) is 3.43. The van der Waals surface area contributed by atoms with Crippen LogP contribution in [-0.4, -0.2) is 18.6 Å². The molecule has 2 aromatic rings. The second-order valence-corrected chi connectivity index (χ2v) is 3.02. The average molecular weight is 186 g/mol. The van der Waals surface area contributed by atoms with Crippen molar-refractivity contribution in [2.45, 2.75) is 0 Å². The van der Waals surface area contributed by atoms with Gasteiger partial charge in [0.05, 0.1) is 6.54 Å². The Balaban J connectivity index is 2.41. The molecular weight excluding hydrogens is 176 g/mol. The number of benzene rings is 1. The fourth-order valence-electron chi connectivity index (χ4n) is 1.23. The van der Waals surface area contributed by atoms with E-state index in [-0.39, 0.29) is 0 Å². The fraction of sp³-hybridized carbons (Fsp3) is 0.182. The van der Waals surface area contributed by atoms with Crippen LogP contribution in [0.3, 0.4) is 0 Å². The van der Waals surface area contributed by atoms with Gasteiger partial charge in [0.15, 0.2) is 5.58 Å². The first-order chi connectivity index (χ1) is 6.81. The van der Waals surface area contributed by atoms with Gasteiger partial charge in [-0.05, 0) is 12.1 Å². The molecule has 0 aliphatic rings. The number of aromatic nitrogens is 1. The molecule has 0 aliphatic heterocycles. The molecular formula is C11H10N2O. The van der Waals surface area contributed by atoms with Crippen LogP contribution in [0.1, 0.15) is 0 Å². The maximum Gasteiger partial charge on any atom is 0.298 e. The molecule has 0 aliphatic carbocycles. The summed E-state index contributed by atoms with van der Waals surface area (Å²) < 4.78 is 5.50. The van der Waals surface area contributed by atoms with E-state index in [0.29, 0.717) is 12.6 Å². The zero-order chi connectivity index (χ0) is 9.97. The van der Waals surface area contributed by atoms with Crippen LogP contribution in [0.25, 0.3) is 11.1 Å². The predicted molar refractivity (Wildman–Crippen MR) is 56.1 cm³/mol. The highest BCUT2D eigenvalue weighted by Gasteiger charge is 2.07. The summed E-state index contributed by atoms with van der Waals surface area (Å²) in [5.74, 6) is 2.54. The van der Waals surface area contributed by atoms with Crippen molar-refractivity contribution < 1.29 is 4.42 Å². The molecule has 0 unspecified atom stereocenters. The van der Waals surface area contributed by atoms with Crippen molar-refractivity contribution in [3.8, 4) is 12.3 Å². The Morgan fingerprint density at radius 3 is 3.00 bits per heavy atom. The van der Waals surface area contributed by atoms with E-state index < -0.39 is 0 Å². The van der Waals surface area contributed by atoms with Gasteiger partial charge in [0, 0.05) is 7.05 Å². The number of anilines is 1. The predicted octanol–water partition coefficient (Wildman–Crippen LogP) is 1.90. The van der Waals surface area contributed by atoms with Crippen molar-refractivity contribution in [1.82, 2.24) is 4.98 Å². The Morgan fingerprint density at radius 2 is 2.29 bits per heavy atom. The molecule has 2 rings (SSSR count). The van der Waals surface area contributed by atoms with E-state index in [2.05, 4.69) is 10.9 Å². The van der Waals surface area contributed by atoms with E-state index in [4.69, 9.17) is 10.8 Å². The highest BCUT2D eigenvalue weighted by atomic mass is 16.4. The van der Waals surface area contributed by atoms with Crippen molar-refractivity contribution >= 4 is 17.1 Å². The number of fused-ring (bicyclic) bond motifs is 1. The molecule has 0 amide bonds.